The van der Waals surface area contributed by atoms with Crippen LogP contribution in [0, 0.1) is 0 Å². The average Bonchev–Trinajstić information content (AvgIpc) is 2.59. The first-order chi connectivity index (χ1) is 6.70. The van der Waals surface area contributed by atoms with Crippen LogP contribution in [0.1, 0.15) is 9.23 Å². The van der Waals surface area contributed by atoms with Gasteiger partial charge in [0.1, 0.15) is 0 Å². The van der Waals surface area contributed by atoms with Crippen molar-refractivity contribution >= 4 is 30.1 Å². The van der Waals surface area contributed by atoms with Crippen LogP contribution in [0.2, 0.25) is 0 Å². The van der Waals surface area contributed by atoms with Crippen molar-refractivity contribution in [2.45, 2.75) is 0 Å². The molecule has 0 radical (unpaired) electrons. The summed E-state index contributed by atoms with van der Waals surface area (Å²) in [5.41, 5.74) is 0. The molecule has 2 rings (SSSR count). The second-order valence-electron chi connectivity index (χ2n) is 2.82. The van der Waals surface area contributed by atoms with Crippen LogP contribution in [0.4, 0.5) is 0 Å². The zero-order chi connectivity index (χ0) is 10.1. The van der Waals surface area contributed by atoms with Gasteiger partial charge in [0.2, 0.25) is 0 Å². The molecule has 4 heteroatoms. The predicted molar refractivity (Wildman–Crippen MR) is 54.4 cm³/mol. The molecule has 1 aromatic heterocycles. The molecule has 0 saturated carbocycles. The van der Waals surface area contributed by atoms with Crippen LogP contribution in [0.3, 0.4) is 0 Å². The van der Waals surface area contributed by atoms with Crippen molar-refractivity contribution in [1.82, 2.24) is 0 Å². The maximum atomic E-state index is 10.7. The van der Waals surface area contributed by atoms with Crippen LogP contribution in [-0.2, 0) is 0 Å². The molecular formula is C10H8O3Se. The van der Waals surface area contributed by atoms with Gasteiger partial charge in [-0.15, -0.1) is 0 Å². The minimum absolute atomic E-state index is 0.0876. The average molecular weight is 255 g/mol. The van der Waals surface area contributed by atoms with E-state index >= 15 is 0 Å². The number of benzene rings is 1. The van der Waals surface area contributed by atoms with Crippen molar-refractivity contribution in [3.8, 4) is 5.75 Å². The third-order valence-electron chi connectivity index (χ3n) is 1.94. The Kier molecular flexibility index (Phi) is 2.31. The second-order valence-corrected chi connectivity index (χ2v) is 5.09. The molecule has 1 N–H and O–H groups in total. The fourth-order valence-corrected chi connectivity index (χ4v) is 3.20. The number of hydrogen-bond donors (Lipinski definition) is 1. The van der Waals surface area contributed by atoms with Crippen molar-refractivity contribution in [1.29, 1.82) is 0 Å². The molecule has 0 unspecified atom stereocenters. The number of carboxylic acid groups (broad SMARTS) is 1. The van der Waals surface area contributed by atoms with Crippen LogP contribution in [-0.4, -0.2) is 32.7 Å². The van der Waals surface area contributed by atoms with Gasteiger partial charge in [-0.3, -0.25) is 0 Å². The molecule has 0 fully saturated rings. The fourth-order valence-electron chi connectivity index (χ4n) is 1.24. The third-order valence-corrected chi connectivity index (χ3v) is 4.22. The van der Waals surface area contributed by atoms with Crippen molar-refractivity contribution in [2.75, 3.05) is 7.11 Å². The fraction of sp³-hybridized carbons (Fsp3) is 0.100. The molecule has 0 atom stereocenters. The van der Waals surface area contributed by atoms with Crippen molar-refractivity contribution in [2.24, 2.45) is 0 Å². The van der Waals surface area contributed by atoms with Crippen molar-refractivity contribution < 1.29 is 14.6 Å². The Labute approximate surface area is 86.7 Å². The Bertz CT molecular complexity index is 487. The molecule has 0 amide bonds. The van der Waals surface area contributed by atoms with Gasteiger partial charge in [0.15, 0.2) is 0 Å². The second kappa shape index (κ2) is 3.48. The number of ether oxygens (including phenoxy) is 1. The summed E-state index contributed by atoms with van der Waals surface area (Å²) in [4.78, 5) is 10.7. The zero-order valence-electron chi connectivity index (χ0n) is 7.48. The normalized spacial score (nSPS) is 10.4. The number of aromatic carboxylic acids is 1. The molecule has 3 nitrogen and oxygen atoms in total. The van der Waals surface area contributed by atoms with E-state index in [0.717, 1.165) is 15.4 Å². The monoisotopic (exact) mass is 256 g/mol. The molecule has 1 heterocycles. The molecule has 0 aliphatic rings. The Morgan fingerprint density at radius 1 is 1.43 bits per heavy atom. The summed E-state index contributed by atoms with van der Waals surface area (Å²) in [5, 5.41) is 9.83. The quantitative estimate of drug-likeness (QED) is 0.829. The number of methoxy groups -OCH3 is 1. The molecule has 1 aromatic carbocycles. The van der Waals surface area contributed by atoms with E-state index in [4.69, 9.17) is 9.84 Å². The summed E-state index contributed by atoms with van der Waals surface area (Å²) in [6.07, 6.45) is 0. The molecule has 14 heavy (non-hydrogen) atoms. The van der Waals surface area contributed by atoms with Gasteiger partial charge in [0.25, 0.3) is 0 Å². The van der Waals surface area contributed by atoms with E-state index in [2.05, 4.69) is 0 Å². The summed E-state index contributed by atoms with van der Waals surface area (Å²) in [7, 11) is 1.61. The van der Waals surface area contributed by atoms with E-state index in [9.17, 15) is 4.79 Å². The molecular weight excluding hydrogens is 247 g/mol. The van der Waals surface area contributed by atoms with E-state index in [0.29, 0.717) is 4.44 Å². The van der Waals surface area contributed by atoms with E-state index in [1.165, 1.54) is 0 Å². The number of fused-ring (bicyclic) bond motifs is 1. The van der Waals surface area contributed by atoms with E-state index < -0.39 is 5.97 Å². The van der Waals surface area contributed by atoms with Gasteiger partial charge in [0.05, 0.1) is 0 Å². The Morgan fingerprint density at radius 3 is 2.86 bits per heavy atom. The number of carboxylic acids is 1. The van der Waals surface area contributed by atoms with Gasteiger partial charge in [-0.25, -0.2) is 0 Å². The van der Waals surface area contributed by atoms with Crippen molar-refractivity contribution in [3.63, 3.8) is 0 Å². The predicted octanol–water partition coefficient (Wildman–Crippen LogP) is 1.60. The number of rotatable bonds is 2. The molecule has 2 aromatic rings. The minimum atomic E-state index is -0.819. The first-order valence-electron chi connectivity index (χ1n) is 4.01. The summed E-state index contributed by atoms with van der Waals surface area (Å²) in [6, 6.07) is 7.38. The van der Waals surface area contributed by atoms with Gasteiger partial charge >= 0.3 is 86.3 Å². The van der Waals surface area contributed by atoms with Crippen LogP contribution >= 0.6 is 0 Å². The van der Waals surface area contributed by atoms with Crippen LogP contribution in [0.25, 0.3) is 9.65 Å². The van der Waals surface area contributed by atoms with E-state index in [1.807, 2.05) is 18.2 Å². The Hall–Kier alpha value is -1.25. The SMILES string of the molecule is COc1ccc2cc(C(=O)O)[se]c2c1. The molecule has 0 bridgehead atoms. The first-order valence-corrected chi connectivity index (χ1v) is 5.73. The molecule has 0 spiro atoms. The number of carbonyl (C=O) groups is 1. The Balaban J connectivity index is 2.60. The molecule has 72 valence electrons. The van der Waals surface area contributed by atoms with Crippen LogP contribution in [0.15, 0.2) is 24.3 Å². The van der Waals surface area contributed by atoms with Gasteiger partial charge < -0.3 is 0 Å². The molecule has 0 aliphatic heterocycles. The molecule has 0 saturated heterocycles. The van der Waals surface area contributed by atoms with Gasteiger partial charge in [-0.1, -0.05) is 0 Å². The molecule has 0 aliphatic carbocycles. The summed E-state index contributed by atoms with van der Waals surface area (Å²) in [6.45, 7) is 0. The zero-order valence-corrected chi connectivity index (χ0v) is 9.19. The maximum absolute atomic E-state index is 10.7. The number of hydrogen-bond acceptors (Lipinski definition) is 2. The summed E-state index contributed by atoms with van der Waals surface area (Å²) < 4.78 is 6.65. The summed E-state index contributed by atoms with van der Waals surface area (Å²) in [5.74, 6) is -0.0363. The van der Waals surface area contributed by atoms with E-state index in [1.54, 1.807) is 13.2 Å². The summed E-state index contributed by atoms with van der Waals surface area (Å²) >= 11 is -0.0876. The standard InChI is InChI=1S/C10H8O3Se/c1-13-7-3-2-6-4-9(10(11)12)14-8(6)5-7/h2-5H,1H3,(H,11,12). The van der Waals surface area contributed by atoms with Crippen LogP contribution in [0.5, 0.6) is 5.75 Å². The van der Waals surface area contributed by atoms with Gasteiger partial charge in [-0.2, -0.15) is 0 Å². The Morgan fingerprint density at radius 2 is 2.21 bits per heavy atom. The van der Waals surface area contributed by atoms with Crippen molar-refractivity contribution in [3.05, 3.63) is 28.7 Å². The first kappa shape index (κ1) is 9.31. The van der Waals surface area contributed by atoms with Gasteiger partial charge in [-0.05, 0) is 0 Å². The topological polar surface area (TPSA) is 46.5 Å². The van der Waals surface area contributed by atoms with Crippen LogP contribution < -0.4 is 4.74 Å². The van der Waals surface area contributed by atoms with Gasteiger partial charge in [0, 0.05) is 0 Å². The van der Waals surface area contributed by atoms with E-state index in [-0.39, 0.29) is 14.5 Å². The third kappa shape index (κ3) is 1.54.